The van der Waals surface area contributed by atoms with Crippen molar-refractivity contribution in [1.29, 1.82) is 0 Å². The maximum absolute atomic E-state index is 3.06. The molecule has 0 saturated carbocycles. The standard InChI is InChI=1S/2C14H11.2CH3.Si.Zr/c2*1-10-8-12-7-6-11-4-2-3-5-13(11)14(12)9-10;;;;/h2*2-9H,1H3;2*1H3;;/q4*-1;;. The van der Waals surface area contributed by atoms with Crippen LogP contribution in [0.3, 0.4) is 0 Å². The first kappa shape index (κ1) is 26.0. The molecule has 0 amide bonds. The average Bonchev–Trinajstić information content (AvgIpc) is 3.37. The quantitative estimate of drug-likeness (QED) is 0.143. The topological polar surface area (TPSA) is 0 Å². The van der Waals surface area contributed by atoms with E-state index in [4.69, 9.17) is 0 Å². The minimum absolute atomic E-state index is 0. The fourth-order valence-electron chi connectivity index (χ4n) is 4.23. The van der Waals surface area contributed by atoms with Crippen molar-refractivity contribution in [3.8, 4) is 0 Å². The van der Waals surface area contributed by atoms with Crippen molar-refractivity contribution in [2.24, 2.45) is 0 Å². The van der Waals surface area contributed by atoms with Gasteiger partial charge in [0.1, 0.15) is 0 Å². The SMILES string of the molecule is Cc1cc2ccc3ccccc3c2[cH-]1.Cc1cc2ccc3ccccc3c2[cH-]1.[CH3-].[CH3-].[Si]=[Zr]. The third-order valence-electron chi connectivity index (χ3n) is 5.52. The Bertz CT molecular complexity index is 1340. The second-order valence-electron chi connectivity index (χ2n) is 7.64. The van der Waals surface area contributed by atoms with Crippen LogP contribution in [0.2, 0.25) is 0 Å². The van der Waals surface area contributed by atoms with Gasteiger partial charge >= 0.3 is 30.2 Å². The Kier molecular flexibility index (Phi) is 9.37. The maximum atomic E-state index is 3.06. The van der Waals surface area contributed by atoms with Crippen LogP contribution in [-0.4, -0.2) is 6.88 Å². The fourth-order valence-corrected chi connectivity index (χ4v) is 4.23. The van der Waals surface area contributed by atoms with Crippen LogP contribution in [-0.2, 0) is 23.3 Å². The summed E-state index contributed by atoms with van der Waals surface area (Å²) in [6.07, 6.45) is 0. The number of fused-ring (bicyclic) bond motifs is 6. The van der Waals surface area contributed by atoms with Crippen LogP contribution in [0.25, 0.3) is 43.1 Å². The summed E-state index contributed by atoms with van der Waals surface area (Å²) in [6, 6.07) is 34.9. The van der Waals surface area contributed by atoms with Crippen molar-refractivity contribution in [2.45, 2.75) is 13.8 Å². The zero-order chi connectivity index (χ0) is 21.1. The van der Waals surface area contributed by atoms with Crippen molar-refractivity contribution < 1.29 is 23.3 Å². The van der Waals surface area contributed by atoms with Gasteiger partial charge in [0.15, 0.2) is 0 Å². The van der Waals surface area contributed by atoms with Crippen LogP contribution >= 0.6 is 0 Å². The van der Waals surface area contributed by atoms with E-state index in [9.17, 15) is 0 Å². The molecule has 0 aliphatic carbocycles. The molecule has 2 heteroatoms. The molecule has 2 radical (unpaired) electrons. The Balaban J connectivity index is 0.000000199. The molecule has 0 heterocycles. The van der Waals surface area contributed by atoms with Gasteiger partial charge in [-0.25, -0.2) is 0 Å². The van der Waals surface area contributed by atoms with Gasteiger partial charge in [0.05, 0.1) is 0 Å². The van der Waals surface area contributed by atoms with Crippen molar-refractivity contribution in [2.75, 3.05) is 0 Å². The number of aryl methyl sites for hydroxylation is 2. The van der Waals surface area contributed by atoms with Gasteiger partial charge in [-0.3, -0.25) is 0 Å². The molecule has 0 unspecified atom stereocenters. The Morgan fingerprint density at radius 1 is 0.531 bits per heavy atom. The van der Waals surface area contributed by atoms with E-state index in [1.165, 1.54) is 77.6 Å². The van der Waals surface area contributed by atoms with E-state index in [2.05, 4.69) is 118 Å². The second-order valence-corrected chi connectivity index (χ2v) is 7.64. The Morgan fingerprint density at radius 2 is 0.875 bits per heavy atom. The number of benzene rings is 4. The van der Waals surface area contributed by atoms with Crippen molar-refractivity contribution in [1.82, 2.24) is 0 Å². The summed E-state index contributed by atoms with van der Waals surface area (Å²) in [5, 5.41) is 10.8. The summed E-state index contributed by atoms with van der Waals surface area (Å²) < 4.78 is 0. The first-order valence-electron chi connectivity index (χ1n) is 10.0. The molecule has 6 aromatic rings. The van der Waals surface area contributed by atoms with Crippen LogP contribution in [0.5, 0.6) is 0 Å². The molecule has 0 spiro atoms. The summed E-state index contributed by atoms with van der Waals surface area (Å²) >= 11 is 1.36. The van der Waals surface area contributed by atoms with Crippen molar-refractivity contribution in [3.05, 3.63) is 123 Å². The first-order valence-corrected chi connectivity index (χ1v) is 14.2. The predicted molar refractivity (Wildman–Crippen MR) is 142 cm³/mol. The summed E-state index contributed by atoms with van der Waals surface area (Å²) in [4.78, 5) is 0. The van der Waals surface area contributed by atoms with Crippen LogP contribution in [0.1, 0.15) is 11.1 Å². The third kappa shape index (κ3) is 5.20. The van der Waals surface area contributed by atoms with Crippen LogP contribution < -0.4 is 0 Å². The van der Waals surface area contributed by atoms with Crippen LogP contribution in [0, 0.1) is 28.7 Å². The molecule has 32 heavy (non-hydrogen) atoms. The zero-order valence-electron chi connectivity index (χ0n) is 19.2. The van der Waals surface area contributed by atoms with E-state index in [-0.39, 0.29) is 14.9 Å². The summed E-state index contributed by atoms with van der Waals surface area (Å²) in [7, 11) is 0. The van der Waals surface area contributed by atoms with Crippen molar-refractivity contribution >= 4 is 50.0 Å². The summed E-state index contributed by atoms with van der Waals surface area (Å²) in [5.74, 6) is 0. The monoisotopic (exact) mass is 506 g/mol. The molecular weight excluding hydrogens is 480 g/mol. The molecule has 6 aromatic carbocycles. The number of hydrogen-bond donors (Lipinski definition) is 0. The van der Waals surface area contributed by atoms with Gasteiger partial charge in [-0.2, -0.15) is 12.1 Å². The van der Waals surface area contributed by atoms with Gasteiger partial charge in [0.2, 0.25) is 0 Å². The van der Waals surface area contributed by atoms with Gasteiger partial charge in [-0.15, -0.1) is 56.9 Å². The van der Waals surface area contributed by atoms with E-state index in [0.717, 1.165) is 0 Å². The van der Waals surface area contributed by atoms with E-state index in [1.807, 2.05) is 0 Å². The van der Waals surface area contributed by atoms with Gasteiger partial charge < -0.3 is 14.9 Å². The fraction of sp³-hybridized carbons (Fsp3) is 0.0667. The van der Waals surface area contributed by atoms with E-state index in [1.54, 1.807) is 0 Å². The van der Waals surface area contributed by atoms with Gasteiger partial charge in [0, 0.05) is 0 Å². The van der Waals surface area contributed by atoms with E-state index >= 15 is 0 Å². The molecule has 0 aliphatic heterocycles. The molecular formula is C30H28SiZr-4. The molecule has 0 nitrogen and oxygen atoms in total. The molecule has 6 rings (SSSR count). The van der Waals surface area contributed by atoms with Crippen LogP contribution in [0.4, 0.5) is 0 Å². The van der Waals surface area contributed by atoms with E-state index in [0.29, 0.717) is 0 Å². The summed E-state index contributed by atoms with van der Waals surface area (Å²) in [5.41, 5.74) is 2.69. The Morgan fingerprint density at radius 3 is 1.28 bits per heavy atom. The molecule has 0 fully saturated rings. The second kappa shape index (κ2) is 11.5. The molecule has 0 saturated heterocycles. The van der Waals surface area contributed by atoms with E-state index < -0.39 is 0 Å². The third-order valence-corrected chi connectivity index (χ3v) is 5.52. The summed E-state index contributed by atoms with van der Waals surface area (Å²) in [6.45, 7) is 7.36. The zero-order valence-corrected chi connectivity index (χ0v) is 22.7. The van der Waals surface area contributed by atoms with Crippen molar-refractivity contribution in [3.63, 3.8) is 0 Å². The molecule has 0 aromatic heterocycles. The van der Waals surface area contributed by atoms with Gasteiger partial charge in [0.25, 0.3) is 0 Å². The average molecular weight is 508 g/mol. The molecule has 0 aliphatic rings. The predicted octanol–water partition coefficient (Wildman–Crippen LogP) is 8.56. The Labute approximate surface area is 209 Å². The number of hydrogen-bond acceptors (Lipinski definition) is 0. The Hall–Kier alpha value is -2.28. The first-order chi connectivity index (χ1) is 14.7. The minimum atomic E-state index is 0. The van der Waals surface area contributed by atoms with Crippen LogP contribution in [0.15, 0.2) is 97.1 Å². The molecule has 0 atom stereocenters. The number of rotatable bonds is 0. The normalized spacial score (nSPS) is 9.91. The molecule has 0 N–H and O–H groups in total. The van der Waals surface area contributed by atoms with Gasteiger partial charge in [-0.05, 0) is 0 Å². The van der Waals surface area contributed by atoms with Gasteiger partial charge in [-0.1, -0.05) is 96.1 Å². The molecule has 160 valence electrons. The molecule has 0 bridgehead atoms.